The predicted molar refractivity (Wildman–Crippen MR) is 71.3 cm³/mol. The number of rotatable bonds is 5. The zero-order valence-corrected chi connectivity index (χ0v) is 11.8. The molecule has 1 aliphatic rings. The molecule has 1 aliphatic heterocycles. The quantitative estimate of drug-likeness (QED) is 0.846. The van der Waals surface area contributed by atoms with E-state index < -0.39 is 5.60 Å². The van der Waals surface area contributed by atoms with E-state index in [2.05, 4.69) is 29.3 Å². The van der Waals surface area contributed by atoms with Gasteiger partial charge in [-0.1, -0.05) is 19.0 Å². The number of nitrogens with one attached hydrogen (secondary N) is 1. The largest absolute Gasteiger partial charge is 0.380 e. The minimum Gasteiger partial charge on any atom is -0.380 e. The molecule has 0 atom stereocenters. The lowest BCUT2D eigenvalue weighted by Gasteiger charge is -2.28. The summed E-state index contributed by atoms with van der Waals surface area (Å²) in [7, 11) is 0. The van der Waals surface area contributed by atoms with Gasteiger partial charge < -0.3 is 14.9 Å². The molecule has 0 unspecified atom stereocenters. The van der Waals surface area contributed by atoms with E-state index in [0.717, 1.165) is 24.6 Å². The van der Waals surface area contributed by atoms with Crippen LogP contribution in [-0.2, 0) is 11.4 Å². The summed E-state index contributed by atoms with van der Waals surface area (Å²) in [5.74, 6) is 3.55. The monoisotopic (exact) mass is 271 g/mol. The SMILES string of the molecule is CC(C)CSCc1noc(C2(O)CCNCC2)n1. The Hall–Kier alpha value is -0.590. The van der Waals surface area contributed by atoms with Gasteiger partial charge in [0.15, 0.2) is 5.82 Å². The number of nitrogens with zero attached hydrogens (tertiary/aromatic N) is 2. The van der Waals surface area contributed by atoms with Crippen molar-refractivity contribution >= 4 is 11.8 Å². The Morgan fingerprint density at radius 3 is 2.83 bits per heavy atom. The second-order valence-corrected chi connectivity index (χ2v) is 6.24. The van der Waals surface area contributed by atoms with Crippen LogP contribution in [0.15, 0.2) is 4.52 Å². The maximum atomic E-state index is 10.4. The molecule has 1 aromatic heterocycles. The lowest BCUT2D eigenvalue weighted by Crippen LogP contribution is -2.39. The molecule has 0 saturated carbocycles. The highest BCUT2D eigenvalue weighted by Crippen LogP contribution is 2.29. The topological polar surface area (TPSA) is 71.2 Å². The highest BCUT2D eigenvalue weighted by molar-refractivity contribution is 7.98. The van der Waals surface area contributed by atoms with Crippen molar-refractivity contribution in [1.82, 2.24) is 15.5 Å². The summed E-state index contributed by atoms with van der Waals surface area (Å²) in [6.45, 7) is 5.95. The molecule has 0 bridgehead atoms. The summed E-state index contributed by atoms with van der Waals surface area (Å²) in [5, 5.41) is 17.6. The van der Waals surface area contributed by atoms with Gasteiger partial charge in [0.25, 0.3) is 5.89 Å². The second kappa shape index (κ2) is 6.04. The Morgan fingerprint density at radius 1 is 1.44 bits per heavy atom. The van der Waals surface area contributed by atoms with E-state index >= 15 is 0 Å². The first-order valence-electron chi connectivity index (χ1n) is 6.44. The van der Waals surface area contributed by atoms with Crippen molar-refractivity contribution in [3.63, 3.8) is 0 Å². The van der Waals surface area contributed by atoms with Gasteiger partial charge >= 0.3 is 0 Å². The summed E-state index contributed by atoms with van der Waals surface area (Å²) < 4.78 is 5.21. The van der Waals surface area contributed by atoms with Crippen molar-refractivity contribution in [2.45, 2.75) is 38.0 Å². The van der Waals surface area contributed by atoms with E-state index in [-0.39, 0.29) is 0 Å². The van der Waals surface area contributed by atoms with Gasteiger partial charge in [0.2, 0.25) is 0 Å². The molecule has 0 aliphatic carbocycles. The van der Waals surface area contributed by atoms with Crippen molar-refractivity contribution in [3.05, 3.63) is 11.7 Å². The minimum atomic E-state index is -0.931. The van der Waals surface area contributed by atoms with Crippen LogP contribution in [0.5, 0.6) is 0 Å². The van der Waals surface area contributed by atoms with Crippen LogP contribution < -0.4 is 5.32 Å². The van der Waals surface area contributed by atoms with Gasteiger partial charge in [0, 0.05) is 0 Å². The number of piperidine rings is 1. The second-order valence-electron chi connectivity index (χ2n) is 5.21. The normalized spacial score (nSPS) is 19.3. The average molecular weight is 271 g/mol. The van der Waals surface area contributed by atoms with E-state index in [9.17, 15) is 5.11 Å². The van der Waals surface area contributed by atoms with Gasteiger partial charge in [-0.2, -0.15) is 16.7 Å². The minimum absolute atomic E-state index is 0.379. The Morgan fingerprint density at radius 2 is 2.17 bits per heavy atom. The molecule has 6 heteroatoms. The predicted octanol–water partition coefficient (Wildman–Crippen LogP) is 1.53. The van der Waals surface area contributed by atoms with E-state index in [1.54, 1.807) is 11.8 Å². The molecule has 1 aromatic rings. The highest BCUT2D eigenvalue weighted by atomic mass is 32.2. The van der Waals surface area contributed by atoms with E-state index in [1.807, 2.05) is 0 Å². The van der Waals surface area contributed by atoms with Crippen LogP contribution in [0.4, 0.5) is 0 Å². The average Bonchev–Trinajstić information content (AvgIpc) is 2.79. The molecule has 0 amide bonds. The van der Waals surface area contributed by atoms with Crippen LogP contribution in [0, 0.1) is 5.92 Å². The zero-order chi connectivity index (χ0) is 13.0. The van der Waals surface area contributed by atoms with Crippen molar-refractivity contribution in [1.29, 1.82) is 0 Å². The lowest BCUT2D eigenvalue weighted by atomic mass is 9.92. The summed E-state index contributed by atoms with van der Waals surface area (Å²) in [4.78, 5) is 4.33. The summed E-state index contributed by atoms with van der Waals surface area (Å²) in [6, 6.07) is 0. The third kappa shape index (κ3) is 3.46. The Kier molecular flexibility index (Phi) is 4.64. The smallest absolute Gasteiger partial charge is 0.258 e. The molecule has 1 fully saturated rings. The summed E-state index contributed by atoms with van der Waals surface area (Å²) >= 11 is 1.79. The Labute approximate surface area is 112 Å². The van der Waals surface area contributed by atoms with Gasteiger partial charge in [-0.15, -0.1) is 0 Å². The van der Waals surface area contributed by atoms with Crippen LogP contribution >= 0.6 is 11.8 Å². The van der Waals surface area contributed by atoms with Gasteiger partial charge in [0.05, 0.1) is 5.75 Å². The molecular weight excluding hydrogens is 250 g/mol. The van der Waals surface area contributed by atoms with Gasteiger partial charge in [0.1, 0.15) is 5.60 Å². The fourth-order valence-electron chi connectivity index (χ4n) is 1.94. The first-order valence-corrected chi connectivity index (χ1v) is 7.59. The van der Waals surface area contributed by atoms with Crippen molar-refractivity contribution in [2.75, 3.05) is 18.8 Å². The summed E-state index contributed by atoms with van der Waals surface area (Å²) in [5.41, 5.74) is -0.931. The van der Waals surface area contributed by atoms with Crippen molar-refractivity contribution in [2.24, 2.45) is 5.92 Å². The number of aliphatic hydroxyl groups is 1. The van der Waals surface area contributed by atoms with Crippen LogP contribution in [0.25, 0.3) is 0 Å². The van der Waals surface area contributed by atoms with Crippen LogP contribution in [0.1, 0.15) is 38.4 Å². The number of aromatic nitrogens is 2. The summed E-state index contributed by atoms with van der Waals surface area (Å²) in [6.07, 6.45) is 1.27. The maximum Gasteiger partial charge on any atom is 0.258 e. The number of thioether (sulfide) groups is 1. The first-order chi connectivity index (χ1) is 8.60. The fourth-order valence-corrected chi connectivity index (χ4v) is 2.83. The van der Waals surface area contributed by atoms with Crippen LogP contribution in [0.2, 0.25) is 0 Å². The maximum absolute atomic E-state index is 10.4. The van der Waals surface area contributed by atoms with Gasteiger partial charge in [-0.25, -0.2) is 0 Å². The van der Waals surface area contributed by atoms with E-state index in [0.29, 0.717) is 30.5 Å². The molecule has 18 heavy (non-hydrogen) atoms. The molecule has 0 radical (unpaired) electrons. The molecule has 102 valence electrons. The van der Waals surface area contributed by atoms with Crippen LogP contribution in [-0.4, -0.2) is 34.1 Å². The van der Waals surface area contributed by atoms with Crippen molar-refractivity contribution in [3.8, 4) is 0 Å². The van der Waals surface area contributed by atoms with E-state index in [4.69, 9.17) is 4.52 Å². The first kappa shape index (κ1) is 13.8. The molecule has 2 N–H and O–H groups in total. The standard InChI is InChI=1S/C12H21N3O2S/c1-9(2)7-18-8-10-14-11(17-15-10)12(16)3-5-13-6-4-12/h9,13,16H,3-8H2,1-2H3. The lowest BCUT2D eigenvalue weighted by molar-refractivity contribution is -0.0228. The molecule has 2 heterocycles. The third-order valence-corrected chi connectivity index (χ3v) is 4.34. The van der Waals surface area contributed by atoms with Crippen LogP contribution in [0.3, 0.4) is 0 Å². The van der Waals surface area contributed by atoms with Gasteiger partial charge in [-0.05, 0) is 37.6 Å². The third-order valence-electron chi connectivity index (χ3n) is 2.98. The van der Waals surface area contributed by atoms with Gasteiger partial charge in [-0.3, -0.25) is 0 Å². The zero-order valence-electron chi connectivity index (χ0n) is 11.0. The number of hydrogen-bond acceptors (Lipinski definition) is 6. The molecule has 0 spiro atoms. The van der Waals surface area contributed by atoms with E-state index in [1.165, 1.54) is 0 Å². The molecule has 2 rings (SSSR count). The number of hydrogen-bond donors (Lipinski definition) is 2. The molecule has 5 nitrogen and oxygen atoms in total. The molecular formula is C12H21N3O2S. The van der Waals surface area contributed by atoms with Crippen molar-refractivity contribution < 1.29 is 9.63 Å². The Balaban J connectivity index is 1.92. The highest BCUT2D eigenvalue weighted by Gasteiger charge is 2.36. The Bertz CT molecular complexity index is 375. The fraction of sp³-hybridized carbons (Fsp3) is 0.833. The molecule has 0 aromatic carbocycles. The molecule has 1 saturated heterocycles.